The van der Waals surface area contributed by atoms with Gasteiger partial charge in [0.25, 0.3) is 6.43 Å². The second-order valence-electron chi connectivity index (χ2n) is 4.43. The molecule has 0 amide bonds. The van der Waals surface area contributed by atoms with Crippen molar-refractivity contribution in [3.8, 4) is 0 Å². The predicted molar refractivity (Wildman–Crippen MR) is 60.7 cm³/mol. The Morgan fingerprint density at radius 2 is 2.06 bits per heavy atom. The van der Waals surface area contributed by atoms with Gasteiger partial charge >= 0.3 is 0 Å². The Morgan fingerprint density at radius 1 is 1.31 bits per heavy atom. The molecule has 0 saturated carbocycles. The summed E-state index contributed by atoms with van der Waals surface area (Å²) in [6.45, 7) is 1.54. The van der Waals surface area contributed by atoms with Crippen molar-refractivity contribution in [2.24, 2.45) is 0 Å². The van der Waals surface area contributed by atoms with E-state index in [2.05, 4.69) is 11.4 Å². The fraction of sp³-hybridized carbons (Fsp3) is 0.538. The van der Waals surface area contributed by atoms with E-state index in [0.29, 0.717) is 0 Å². The van der Waals surface area contributed by atoms with E-state index in [-0.39, 0.29) is 6.04 Å². The Kier molecular flexibility index (Phi) is 3.54. The summed E-state index contributed by atoms with van der Waals surface area (Å²) in [4.78, 5) is 0. The summed E-state index contributed by atoms with van der Waals surface area (Å²) < 4.78 is 25.0. The van der Waals surface area contributed by atoms with Gasteiger partial charge in [0.2, 0.25) is 0 Å². The normalized spacial score (nSPS) is 21.9. The van der Waals surface area contributed by atoms with Gasteiger partial charge in [0.15, 0.2) is 0 Å². The zero-order valence-corrected chi connectivity index (χ0v) is 9.42. The number of hydrogen-bond acceptors (Lipinski definition) is 1. The van der Waals surface area contributed by atoms with Gasteiger partial charge in [0, 0.05) is 6.04 Å². The molecule has 0 aromatic heterocycles. The van der Waals surface area contributed by atoms with Crippen LogP contribution in [0.2, 0.25) is 0 Å². The van der Waals surface area contributed by atoms with Crippen LogP contribution in [0.3, 0.4) is 0 Å². The number of aryl methyl sites for hydroxylation is 1. The predicted octanol–water partition coefficient (Wildman–Crippen LogP) is 3.31. The van der Waals surface area contributed by atoms with Gasteiger partial charge in [-0.25, -0.2) is 8.78 Å². The molecule has 1 aliphatic rings. The Bertz CT molecular complexity index is 352. The molecule has 0 fully saturated rings. The third kappa shape index (κ3) is 2.40. The maximum Gasteiger partial charge on any atom is 0.253 e. The van der Waals surface area contributed by atoms with Crippen LogP contribution in [0.5, 0.6) is 0 Å². The summed E-state index contributed by atoms with van der Waals surface area (Å²) in [7, 11) is 0. The quantitative estimate of drug-likeness (QED) is 0.832. The Labute approximate surface area is 94.9 Å². The van der Waals surface area contributed by atoms with Crippen LogP contribution >= 0.6 is 0 Å². The molecule has 0 bridgehead atoms. The number of fused-ring (bicyclic) bond motifs is 1. The Hall–Kier alpha value is -0.960. The van der Waals surface area contributed by atoms with Crippen molar-refractivity contribution in [3.05, 3.63) is 35.4 Å². The van der Waals surface area contributed by atoms with Gasteiger partial charge in [-0.1, -0.05) is 24.3 Å². The summed E-state index contributed by atoms with van der Waals surface area (Å²) in [5, 5.41) is 3.02. The SMILES string of the molecule is CC(NC1CCCc2ccccc21)C(F)F. The third-order valence-electron chi connectivity index (χ3n) is 3.21. The Balaban J connectivity index is 2.13. The highest BCUT2D eigenvalue weighted by molar-refractivity contribution is 5.32. The van der Waals surface area contributed by atoms with E-state index >= 15 is 0 Å². The number of hydrogen-bond donors (Lipinski definition) is 1. The maximum atomic E-state index is 12.5. The molecule has 2 unspecified atom stereocenters. The minimum absolute atomic E-state index is 0.0916. The third-order valence-corrected chi connectivity index (χ3v) is 3.21. The number of benzene rings is 1. The van der Waals surface area contributed by atoms with Crippen LogP contribution in [-0.2, 0) is 6.42 Å². The summed E-state index contributed by atoms with van der Waals surface area (Å²) in [5.41, 5.74) is 2.49. The van der Waals surface area contributed by atoms with Gasteiger partial charge < -0.3 is 5.32 Å². The van der Waals surface area contributed by atoms with Crippen molar-refractivity contribution >= 4 is 0 Å². The van der Waals surface area contributed by atoms with Crippen LogP contribution in [-0.4, -0.2) is 12.5 Å². The molecule has 0 spiro atoms. The van der Waals surface area contributed by atoms with Crippen molar-refractivity contribution in [3.63, 3.8) is 0 Å². The summed E-state index contributed by atoms with van der Waals surface area (Å²) in [5.74, 6) is 0. The van der Waals surface area contributed by atoms with Crippen molar-refractivity contribution in [1.82, 2.24) is 5.32 Å². The zero-order valence-electron chi connectivity index (χ0n) is 9.42. The molecule has 3 heteroatoms. The van der Waals surface area contributed by atoms with Gasteiger partial charge in [-0.2, -0.15) is 0 Å². The van der Waals surface area contributed by atoms with Crippen LogP contribution in [0.4, 0.5) is 8.78 Å². The monoisotopic (exact) mass is 225 g/mol. The first-order chi connectivity index (χ1) is 7.68. The summed E-state index contributed by atoms with van der Waals surface area (Å²) >= 11 is 0. The van der Waals surface area contributed by atoms with E-state index in [9.17, 15) is 8.78 Å². The van der Waals surface area contributed by atoms with E-state index in [1.165, 1.54) is 11.1 Å². The number of rotatable bonds is 3. The second-order valence-corrected chi connectivity index (χ2v) is 4.43. The van der Waals surface area contributed by atoms with Gasteiger partial charge in [-0.15, -0.1) is 0 Å². The molecule has 1 aliphatic carbocycles. The van der Waals surface area contributed by atoms with E-state index in [1.807, 2.05) is 18.2 Å². The first kappa shape index (κ1) is 11.5. The van der Waals surface area contributed by atoms with Crippen LogP contribution in [0, 0.1) is 0 Å². The molecular formula is C13H17F2N. The van der Waals surface area contributed by atoms with Gasteiger partial charge in [0.1, 0.15) is 0 Å². The van der Waals surface area contributed by atoms with Gasteiger partial charge in [-0.05, 0) is 37.3 Å². The fourth-order valence-electron chi connectivity index (χ4n) is 2.32. The molecule has 0 radical (unpaired) electrons. The fourth-order valence-corrected chi connectivity index (χ4v) is 2.32. The topological polar surface area (TPSA) is 12.0 Å². The summed E-state index contributed by atoms with van der Waals surface area (Å²) in [6.07, 6.45) is 0.796. The van der Waals surface area contributed by atoms with E-state index in [0.717, 1.165) is 19.3 Å². The van der Waals surface area contributed by atoms with E-state index in [1.54, 1.807) is 6.92 Å². The van der Waals surface area contributed by atoms with Crippen LogP contribution in [0.1, 0.15) is 36.9 Å². The highest BCUT2D eigenvalue weighted by Crippen LogP contribution is 2.30. The molecule has 0 aliphatic heterocycles. The first-order valence-electron chi connectivity index (χ1n) is 5.80. The van der Waals surface area contributed by atoms with E-state index in [4.69, 9.17) is 0 Å². The maximum absolute atomic E-state index is 12.5. The molecule has 1 nitrogen and oxygen atoms in total. The lowest BCUT2D eigenvalue weighted by Gasteiger charge is -2.29. The van der Waals surface area contributed by atoms with Gasteiger partial charge in [-0.3, -0.25) is 0 Å². The highest BCUT2D eigenvalue weighted by Gasteiger charge is 2.24. The van der Waals surface area contributed by atoms with Crippen molar-refractivity contribution in [2.75, 3.05) is 0 Å². The van der Waals surface area contributed by atoms with Gasteiger partial charge in [0.05, 0.1) is 6.04 Å². The number of alkyl halides is 2. The standard InChI is InChI=1S/C13H17F2N/c1-9(13(14)15)16-12-8-4-6-10-5-2-3-7-11(10)12/h2-3,5,7,9,12-13,16H,4,6,8H2,1H3. The van der Waals surface area contributed by atoms with Crippen molar-refractivity contribution < 1.29 is 8.78 Å². The molecule has 88 valence electrons. The summed E-state index contributed by atoms with van der Waals surface area (Å²) in [6, 6.07) is 7.48. The zero-order chi connectivity index (χ0) is 11.5. The number of nitrogens with one attached hydrogen (secondary N) is 1. The molecule has 0 saturated heterocycles. The van der Waals surface area contributed by atoms with Crippen molar-refractivity contribution in [2.45, 2.75) is 44.7 Å². The average Bonchev–Trinajstić information content (AvgIpc) is 2.29. The van der Waals surface area contributed by atoms with Crippen LogP contribution < -0.4 is 5.32 Å². The first-order valence-corrected chi connectivity index (χ1v) is 5.80. The second kappa shape index (κ2) is 4.91. The van der Waals surface area contributed by atoms with Crippen LogP contribution in [0.25, 0.3) is 0 Å². The molecule has 0 heterocycles. The minimum Gasteiger partial charge on any atom is -0.302 e. The molecular weight excluding hydrogens is 208 g/mol. The smallest absolute Gasteiger partial charge is 0.253 e. The minimum atomic E-state index is -2.30. The highest BCUT2D eigenvalue weighted by atomic mass is 19.3. The molecule has 1 N–H and O–H groups in total. The molecule has 1 aromatic rings. The lowest BCUT2D eigenvalue weighted by Crippen LogP contribution is -2.37. The largest absolute Gasteiger partial charge is 0.302 e. The lowest BCUT2D eigenvalue weighted by atomic mass is 9.87. The average molecular weight is 225 g/mol. The van der Waals surface area contributed by atoms with Crippen molar-refractivity contribution in [1.29, 1.82) is 0 Å². The van der Waals surface area contributed by atoms with E-state index < -0.39 is 12.5 Å². The Morgan fingerprint density at radius 3 is 2.81 bits per heavy atom. The molecule has 2 atom stereocenters. The number of halogens is 2. The molecule has 2 rings (SSSR count). The van der Waals surface area contributed by atoms with Crippen LogP contribution in [0.15, 0.2) is 24.3 Å². The lowest BCUT2D eigenvalue weighted by molar-refractivity contribution is 0.0983. The molecule has 1 aromatic carbocycles. The molecule has 16 heavy (non-hydrogen) atoms.